The van der Waals surface area contributed by atoms with Gasteiger partial charge in [-0.05, 0) is 18.6 Å². The Balaban J connectivity index is 2.83. The summed E-state index contributed by atoms with van der Waals surface area (Å²) in [6.07, 6.45) is 3.54. The largest absolute Gasteiger partial charge is 0.290 e. The number of aliphatic imine (C=N–C) groups is 1. The Morgan fingerprint density at radius 3 is 2.67 bits per heavy atom. The van der Waals surface area contributed by atoms with Gasteiger partial charge in [0.25, 0.3) is 0 Å². The van der Waals surface area contributed by atoms with Crippen molar-refractivity contribution in [3.8, 4) is 0 Å². The third-order valence-electron chi connectivity index (χ3n) is 1.30. The molecule has 50 valence electrons. The van der Waals surface area contributed by atoms with Gasteiger partial charge in [0, 0.05) is 6.21 Å². The molecular weight excluding hydrogens is 157 g/mol. The first-order valence-corrected chi connectivity index (χ1v) is 3.43. The van der Waals surface area contributed by atoms with Crippen LogP contribution in [0.2, 0.25) is 0 Å². The number of hydrogen-bond acceptors (Lipinski definition) is 1. The second kappa shape index (κ2) is 2.31. The Morgan fingerprint density at radius 1 is 1.67 bits per heavy atom. The Bertz CT molecular complexity index is 170. The molecule has 1 heterocycles. The summed E-state index contributed by atoms with van der Waals surface area (Å²) in [5.74, 6) is 0. The van der Waals surface area contributed by atoms with Gasteiger partial charge < -0.3 is 0 Å². The summed E-state index contributed by atoms with van der Waals surface area (Å²) in [7, 11) is 0. The van der Waals surface area contributed by atoms with Crippen molar-refractivity contribution < 1.29 is 0 Å². The first kappa shape index (κ1) is 7.10. The van der Waals surface area contributed by atoms with Crippen LogP contribution in [0.3, 0.4) is 0 Å². The number of nitrogens with zero attached hydrogens (tertiary/aromatic N) is 1. The van der Waals surface area contributed by atoms with Crippen LogP contribution in [0.5, 0.6) is 0 Å². The van der Waals surface area contributed by atoms with Crippen LogP contribution in [-0.4, -0.2) is 17.1 Å². The second-order valence-corrected chi connectivity index (χ2v) is 3.53. The minimum atomic E-state index is -0.755. The molecule has 0 fully saturated rings. The molecule has 0 aromatic heterocycles. The summed E-state index contributed by atoms with van der Waals surface area (Å²) >= 11 is 11.6. The average molecular weight is 164 g/mol. The van der Waals surface area contributed by atoms with Crippen LogP contribution in [0.1, 0.15) is 6.92 Å². The zero-order valence-corrected chi connectivity index (χ0v) is 6.58. The molecular formula is C6H7Cl2N. The quantitative estimate of drug-likeness (QED) is 0.486. The molecule has 0 aliphatic carbocycles. The molecule has 0 radical (unpaired) electrons. The molecule has 3 heteroatoms. The molecule has 1 aliphatic heterocycles. The molecule has 0 spiro atoms. The highest BCUT2D eigenvalue weighted by molar-refractivity contribution is 6.51. The first-order valence-electron chi connectivity index (χ1n) is 2.68. The Morgan fingerprint density at radius 2 is 2.33 bits per heavy atom. The van der Waals surface area contributed by atoms with Crippen molar-refractivity contribution in [2.75, 3.05) is 6.54 Å². The maximum Gasteiger partial charge on any atom is 0.158 e. The van der Waals surface area contributed by atoms with Crippen LogP contribution in [0.25, 0.3) is 0 Å². The van der Waals surface area contributed by atoms with Gasteiger partial charge in [-0.2, -0.15) is 0 Å². The Kier molecular flexibility index (Phi) is 1.83. The van der Waals surface area contributed by atoms with Crippen LogP contribution in [0.4, 0.5) is 0 Å². The van der Waals surface area contributed by atoms with Crippen molar-refractivity contribution in [2.45, 2.75) is 11.3 Å². The van der Waals surface area contributed by atoms with Crippen LogP contribution in [-0.2, 0) is 0 Å². The maximum atomic E-state index is 5.81. The number of rotatable bonds is 0. The third kappa shape index (κ3) is 1.46. The summed E-state index contributed by atoms with van der Waals surface area (Å²) in [5.41, 5.74) is 0.959. The Hall–Kier alpha value is -0.0100. The van der Waals surface area contributed by atoms with Crippen LogP contribution in [0, 0.1) is 0 Å². The number of halogens is 2. The average Bonchev–Trinajstić information content (AvgIpc) is 1.77. The number of allylic oxidation sites excluding steroid dienone is 1. The molecule has 0 unspecified atom stereocenters. The van der Waals surface area contributed by atoms with Gasteiger partial charge in [-0.1, -0.05) is 23.2 Å². The normalized spacial score (nSPS) is 23.7. The fourth-order valence-corrected chi connectivity index (χ4v) is 0.842. The molecule has 0 saturated carbocycles. The van der Waals surface area contributed by atoms with Gasteiger partial charge in [-0.25, -0.2) is 0 Å². The lowest BCUT2D eigenvalue weighted by Gasteiger charge is -2.19. The lowest BCUT2D eigenvalue weighted by molar-refractivity contribution is 0.882. The molecule has 9 heavy (non-hydrogen) atoms. The summed E-state index contributed by atoms with van der Waals surface area (Å²) in [6.45, 7) is 2.36. The predicted molar refractivity (Wildman–Crippen MR) is 41.6 cm³/mol. The van der Waals surface area contributed by atoms with Gasteiger partial charge in [0.15, 0.2) is 4.33 Å². The SMILES string of the molecule is CC1=CC=NCC1(Cl)Cl. The van der Waals surface area contributed by atoms with Gasteiger partial charge in [0.1, 0.15) is 0 Å². The van der Waals surface area contributed by atoms with Crippen LogP contribution in [0.15, 0.2) is 16.6 Å². The summed E-state index contributed by atoms with van der Waals surface area (Å²) < 4.78 is -0.755. The molecule has 0 bridgehead atoms. The standard InChI is InChI=1S/C6H7Cl2N/c1-5-2-3-9-4-6(5,7)8/h2-3H,4H2,1H3. The van der Waals surface area contributed by atoms with Gasteiger partial charge in [0.05, 0.1) is 6.54 Å². The molecule has 0 atom stereocenters. The van der Waals surface area contributed by atoms with E-state index in [9.17, 15) is 0 Å². The summed E-state index contributed by atoms with van der Waals surface area (Å²) in [5, 5.41) is 0. The van der Waals surface area contributed by atoms with E-state index < -0.39 is 4.33 Å². The van der Waals surface area contributed by atoms with E-state index in [4.69, 9.17) is 23.2 Å². The van der Waals surface area contributed by atoms with Crippen molar-refractivity contribution >= 4 is 29.4 Å². The van der Waals surface area contributed by atoms with E-state index >= 15 is 0 Å². The van der Waals surface area contributed by atoms with Crippen molar-refractivity contribution in [3.05, 3.63) is 11.6 Å². The van der Waals surface area contributed by atoms with Crippen molar-refractivity contribution in [3.63, 3.8) is 0 Å². The highest BCUT2D eigenvalue weighted by Crippen LogP contribution is 2.31. The fourth-order valence-electron chi connectivity index (χ4n) is 0.578. The molecule has 0 N–H and O–H groups in total. The minimum absolute atomic E-state index is 0.471. The summed E-state index contributed by atoms with van der Waals surface area (Å²) in [6, 6.07) is 0. The van der Waals surface area contributed by atoms with E-state index in [0.29, 0.717) is 6.54 Å². The molecule has 0 saturated heterocycles. The van der Waals surface area contributed by atoms with Gasteiger partial charge >= 0.3 is 0 Å². The van der Waals surface area contributed by atoms with Gasteiger partial charge in [-0.3, -0.25) is 4.99 Å². The van der Waals surface area contributed by atoms with Crippen molar-refractivity contribution in [2.24, 2.45) is 4.99 Å². The number of dihydropyridines is 1. The number of hydrogen-bond donors (Lipinski definition) is 0. The monoisotopic (exact) mass is 163 g/mol. The highest BCUT2D eigenvalue weighted by Gasteiger charge is 2.26. The smallest absolute Gasteiger partial charge is 0.158 e. The van der Waals surface area contributed by atoms with E-state index in [0.717, 1.165) is 5.57 Å². The topological polar surface area (TPSA) is 12.4 Å². The lowest BCUT2D eigenvalue weighted by atomic mass is 10.1. The summed E-state index contributed by atoms with van der Waals surface area (Å²) in [4.78, 5) is 3.92. The van der Waals surface area contributed by atoms with Crippen LogP contribution >= 0.6 is 23.2 Å². The minimum Gasteiger partial charge on any atom is -0.290 e. The molecule has 1 aliphatic rings. The second-order valence-electron chi connectivity index (χ2n) is 2.04. The van der Waals surface area contributed by atoms with Crippen LogP contribution < -0.4 is 0 Å². The van der Waals surface area contributed by atoms with E-state index in [1.807, 2.05) is 13.0 Å². The molecule has 0 aromatic carbocycles. The number of alkyl halides is 2. The third-order valence-corrected chi connectivity index (χ3v) is 2.13. The van der Waals surface area contributed by atoms with E-state index in [1.54, 1.807) is 6.21 Å². The van der Waals surface area contributed by atoms with E-state index in [1.165, 1.54) is 0 Å². The van der Waals surface area contributed by atoms with E-state index in [-0.39, 0.29) is 0 Å². The van der Waals surface area contributed by atoms with Crippen molar-refractivity contribution in [1.82, 2.24) is 0 Å². The predicted octanol–water partition coefficient (Wildman–Crippen LogP) is 2.19. The molecule has 1 nitrogen and oxygen atoms in total. The van der Waals surface area contributed by atoms with Gasteiger partial charge in [-0.15, -0.1) is 0 Å². The zero-order chi connectivity index (χ0) is 6.91. The molecule has 0 aromatic rings. The fraction of sp³-hybridized carbons (Fsp3) is 0.500. The van der Waals surface area contributed by atoms with Gasteiger partial charge in [0.2, 0.25) is 0 Å². The van der Waals surface area contributed by atoms with Crippen molar-refractivity contribution in [1.29, 1.82) is 0 Å². The maximum absolute atomic E-state index is 5.81. The molecule has 1 rings (SSSR count). The molecule has 0 amide bonds. The Labute approximate surface area is 64.4 Å². The highest BCUT2D eigenvalue weighted by atomic mass is 35.5. The zero-order valence-electron chi connectivity index (χ0n) is 5.06. The van der Waals surface area contributed by atoms with E-state index in [2.05, 4.69) is 4.99 Å². The first-order chi connectivity index (χ1) is 4.13. The lowest BCUT2D eigenvalue weighted by Crippen LogP contribution is -2.21.